The van der Waals surface area contributed by atoms with E-state index >= 15 is 0 Å². The molecule has 0 unspecified atom stereocenters. The first-order valence-electron chi connectivity index (χ1n) is 5.74. The van der Waals surface area contributed by atoms with Gasteiger partial charge in [0.05, 0.1) is 22.9 Å². The van der Waals surface area contributed by atoms with Gasteiger partial charge in [-0.2, -0.15) is 0 Å². The van der Waals surface area contributed by atoms with Crippen LogP contribution in [0.4, 0.5) is 0 Å². The number of carboxylic acid groups (broad SMARTS) is 1. The van der Waals surface area contributed by atoms with Gasteiger partial charge in [-0.25, -0.2) is 14.8 Å². The van der Waals surface area contributed by atoms with Crippen molar-refractivity contribution >= 4 is 40.1 Å². The first-order valence-corrected chi connectivity index (χ1v) is 7.37. The van der Waals surface area contributed by atoms with Gasteiger partial charge in [0, 0.05) is 0 Å². The molecule has 0 atom stereocenters. The van der Waals surface area contributed by atoms with Crippen LogP contribution in [0.25, 0.3) is 11.0 Å². The normalized spacial score (nSPS) is 10.8. The van der Waals surface area contributed by atoms with Crippen molar-refractivity contribution in [1.29, 1.82) is 0 Å². The van der Waals surface area contributed by atoms with Crippen LogP contribution in [0.5, 0.6) is 0 Å². The van der Waals surface area contributed by atoms with Gasteiger partial charge in [0.15, 0.2) is 4.34 Å². The summed E-state index contributed by atoms with van der Waals surface area (Å²) in [4.78, 5) is 24.3. The summed E-state index contributed by atoms with van der Waals surface area (Å²) in [6.45, 7) is 1.69. The fourth-order valence-corrected chi connectivity index (χ4v) is 3.61. The van der Waals surface area contributed by atoms with Crippen molar-refractivity contribution in [1.82, 2.24) is 15.0 Å². The number of hydrogen-bond acceptors (Lipinski definition) is 6. The number of hydrogen-bond donors (Lipinski definition) is 1. The molecule has 0 bridgehead atoms. The highest BCUT2D eigenvalue weighted by Crippen LogP contribution is 2.32. The van der Waals surface area contributed by atoms with Crippen LogP contribution >= 0.6 is 23.1 Å². The third-order valence-corrected chi connectivity index (χ3v) is 4.70. The minimum absolute atomic E-state index is 0.265. The molecule has 0 amide bonds. The minimum atomic E-state index is -0.948. The van der Waals surface area contributed by atoms with E-state index in [1.165, 1.54) is 11.8 Å². The number of carboxylic acids is 1. The highest BCUT2D eigenvalue weighted by molar-refractivity contribution is 8.01. The quantitative estimate of drug-likeness (QED) is 0.800. The number of benzene rings is 1. The van der Waals surface area contributed by atoms with Gasteiger partial charge in [-0.15, -0.1) is 0 Å². The van der Waals surface area contributed by atoms with Crippen molar-refractivity contribution in [3.63, 3.8) is 0 Å². The van der Waals surface area contributed by atoms with Crippen LogP contribution in [0.1, 0.15) is 15.4 Å². The Bertz CT molecular complexity index is 801. The summed E-state index contributed by atoms with van der Waals surface area (Å²) in [5.74, 6) is -0.948. The van der Waals surface area contributed by atoms with Crippen LogP contribution in [-0.2, 0) is 0 Å². The van der Waals surface area contributed by atoms with E-state index in [1.54, 1.807) is 13.1 Å². The van der Waals surface area contributed by atoms with Gasteiger partial charge in [0.2, 0.25) is 0 Å². The number of aromatic nitrogens is 3. The summed E-state index contributed by atoms with van der Waals surface area (Å²) in [5.41, 5.74) is 2.17. The first-order chi connectivity index (χ1) is 9.63. The predicted molar refractivity (Wildman–Crippen MR) is 77.5 cm³/mol. The van der Waals surface area contributed by atoms with Crippen molar-refractivity contribution in [3.8, 4) is 0 Å². The highest BCUT2D eigenvalue weighted by Gasteiger charge is 2.15. The van der Waals surface area contributed by atoms with E-state index < -0.39 is 5.97 Å². The van der Waals surface area contributed by atoms with Crippen molar-refractivity contribution in [2.45, 2.75) is 16.3 Å². The number of thiazole rings is 1. The van der Waals surface area contributed by atoms with E-state index in [0.717, 1.165) is 22.4 Å². The number of rotatable bonds is 3. The molecule has 2 aromatic heterocycles. The predicted octanol–water partition coefficient (Wildman–Crippen LogP) is 3.24. The fourth-order valence-electron chi connectivity index (χ4n) is 1.69. The van der Waals surface area contributed by atoms with Crippen LogP contribution in [0.3, 0.4) is 0 Å². The van der Waals surface area contributed by atoms with E-state index in [2.05, 4.69) is 15.0 Å². The molecular formula is C13H9N3O2S2. The lowest BCUT2D eigenvalue weighted by Gasteiger charge is -1.99. The lowest BCUT2D eigenvalue weighted by Crippen LogP contribution is -1.94. The summed E-state index contributed by atoms with van der Waals surface area (Å²) in [6, 6.07) is 7.60. The van der Waals surface area contributed by atoms with Crippen molar-refractivity contribution in [2.75, 3.05) is 0 Å². The van der Waals surface area contributed by atoms with Gasteiger partial charge in [-0.05, 0) is 30.8 Å². The zero-order chi connectivity index (χ0) is 14.1. The number of para-hydroxylation sites is 2. The van der Waals surface area contributed by atoms with Crippen LogP contribution in [0, 0.1) is 6.92 Å². The van der Waals surface area contributed by atoms with Crippen LogP contribution in [0.2, 0.25) is 0 Å². The molecule has 100 valence electrons. The van der Waals surface area contributed by atoms with Gasteiger partial charge >= 0.3 is 5.97 Å². The second kappa shape index (κ2) is 5.18. The molecule has 0 aliphatic rings. The molecule has 0 saturated heterocycles. The van der Waals surface area contributed by atoms with Crippen LogP contribution < -0.4 is 0 Å². The molecule has 2 heterocycles. The van der Waals surface area contributed by atoms with Gasteiger partial charge in [-0.1, -0.05) is 23.5 Å². The van der Waals surface area contributed by atoms with Gasteiger partial charge in [-0.3, -0.25) is 4.98 Å². The molecule has 0 saturated carbocycles. The molecule has 5 nitrogen and oxygen atoms in total. The Kier molecular flexibility index (Phi) is 3.37. The molecule has 7 heteroatoms. The molecular weight excluding hydrogens is 294 g/mol. The molecule has 1 N–H and O–H groups in total. The fraction of sp³-hybridized carbons (Fsp3) is 0.0769. The highest BCUT2D eigenvalue weighted by atomic mass is 32.2. The topological polar surface area (TPSA) is 76.0 Å². The summed E-state index contributed by atoms with van der Waals surface area (Å²) >= 11 is 2.48. The van der Waals surface area contributed by atoms with Crippen molar-refractivity contribution in [3.05, 3.63) is 41.0 Å². The second-order valence-electron chi connectivity index (χ2n) is 4.00. The van der Waals surface area contributed by atoms with E-state index in [4.69, 9.17) is 5.11 Å². The van der Waals surface area contributed by atoms with Crippen molar-refractivity contribution < 1.29 is 9.90 Å². The van der Waals surface area contributed by atoms with Gasteiger partial charge in [0.25, 0.3) is 0 Å². The maximum atomic E-state index is 11.0. The number of aromatic carboxylic acids is 1. The van der Waals surface area contributed by atoms with E-state index in [-0.39, 0.29) is 4.88 Å². The third kappa shape index (κ3) is 2.50. The third-order valence-electron chi connectivity index (χ3n) is 2.59. The smallest absolute Gasteiger partial charge is 0.347 e. The minimum Gasteiger partial charge on any atom is -0.477 e. The Balaban J connectivity index is 1.92. The number of nitrogens with zero attached hydrogens (tertiary/aromatic N) is 3. The van der Waals surface area contributed by atoms with E-state index in [9.17, 15) is 4.79 Å². The van der Waals surface area contributed by atoms with Gasteiger partial charge < -0.3 is 5.11 Å². The molecule has 3 aromatic rings. The van der Waals surface area contributed by atoms with Gasteiger partial charge in [0.1, 0.15) is 9.90 Å². The van der Waals surface area contributed by atoms with Crippen LogP contribution in [0.15, 0.2) is 39.8 Å². The van der Waals surface area contributed by atoms with E-state index in [1.807, 2.05) is 24.3 Å². The average molecular weight is 303 g/mol. The van der Waals surface area contributed by atoms with Crippen molar-refractivity contribution in [2.24, 2.45) is 0 Å². The molecule has 0 fully saturated rings. The standard InChI is InChI=1S/C13H9N3O2S2/c1-7-11(12(17)18)20-13(15-7)19-10-6-14-8-4-2-3-5-9(8)16-10/h2-6H,1H3,(H,17,18). The van der Waals surface area contributed by atoms with Crippen LogP contribution in [-0.4, -0.2) is 26.0 Å². The largest absolute Gasteiger partial charge is 0.477 e. The maximum absolute atomic E-state index is 11.0. The molecule has 0 aliphatic carbocycles. The summed E-state index contributed by atoms with van der Waals surface area (Å²) in [6.07, 6.45) is 1.67. The zero-order valence-electron chi connectivity index (χ0n) is 10.4. The Morgan fingerprint density at radius 3 is 2.70 bits per heavy atom. The number of carbonyl (C=O) groups is 1. The summed E-state index contributed by atoms with van der Waals surface area (Å²) in [7, 11) is 0. The molecule has 0 radical (unpaired) electrons. The number of fused-ring (bicyclic) bond motifs is 1. The van der Waals surface area contributed by atoms with E-state index in [0.29, 0.717) is 15.1 Å². The SMILES string of the molecule is Cc1nc(Sc2cnc3ccccc3n2)sc1C(=O)O. The maximum Gasteiger partial charge on any atom is 0.347 e. The molecule has 0 spiro atoms. The first kappa shape index (κ1) is 13.0. The number of aryl methyl sites for hydroxylation is 1. The molecule has 1 aromatic carbocycles. The molecule has 0 aliphatic heterocycles. The average Bonchev–Trinajstić information content (AvgIpc) is 2.79. The summed E-state index contributed by atoms with van der Waals surface area (Å²) < 4.78 is 0.657. The lowest BCUT2D eigenvalue weighted by molar-refractivity contribution is 0.0701. The monoisotopic (exact) mass is 303 g/mol. The Labute approximate surface area is 122 Å². The Morgan fingerprint density at radius 1 is 1.25 bits per heavy atom. The summed E-state index contributed by atoms with van der Waals surface area (Å²) in [5, 5.41) is 9.72. The Hall–Kier alpha value is -1.99. The lowest BCUT2D eigenvalue weighted by atomic mass is 10.3. The molecule has 3 rings (SSSR count). The zero-order valence-corrected chi connectivity index (χ0v) is 12.0. The second-order valence-corrected chi connectivity index (χ2v) is 6.27. The Morgan fingerprint density at radius 2 is 2.00 bits per heavy atom. The molecule has 20 heavy (non-hydrogen) atoms.